The molecule has 0 bridgehead atoms. The van der Waals surface area contributed by atoms with Crippen molar-refractivity contribution in [1.29, 1.82) is 0 Å². The maximum Gasteiger partial charge on any atom is 0.225 e. The van der Waals surface area contributed by atoms with E-state index in [4.69, 9.17) is 27.9 Å². The van der Waals surface area contributed by atoms with Crippen LogP contribution in [-0.4, -0.2) is 5.91 Å². The minimum absolute atomic E-state index is 0.124. The van der Waals surface area contributed by atoms with Crippen LogP contribution in [0.15, 0.2) is 35.7 Å². The van der Waals surface area contributed by atoms with Gasteiger partial charge in [-0.1, -0.05) is 48.7 Å². The predicted molar refractivity (Wildman–Crippen MR) is 73.7 cm³/mol. The van der Waals surface area contributed by atoms with Gasteiger partial charge in [-0.15, -0.1) is 0 Å². The number of amides is 1. The van der Waals surface area contributed by atoms with Gasteiger partial charge < -0.3 is 10.1 Å². The zero-order valence-corrected chi connectivity index (χ0v) is 11.6. The van der Waals surface area contributed by atoms with Crippen molar-refractivity contribution in [2.75, 3.05) is 0 Å². The van der Waals surface area contributed by atoms with E-state index in [0.29, 0.717) is 17.2 Å². The lowest BCUT2D eigenvalue weighted by atomic mass is 10.2. The Hall–Kier alpha value is -1.19. The van der Waals surface area contributed by atoms with Gasteiger partial charge in [0, 0.05) is 6.42 Å². The molecule has 18 heavy (non-hydrogen) atoms. The van der Waals surface area contributed by atoms with Gasteiger partial charge in [0.2, 0.25) is 5.91 Å². The largest absolute Gasteiger partial charge is 0.460 e. The van der Waals surface area contributed by atoms with E-state index in [9.17, 15) is 4.79 Å². The Morgan fingerprint density at radius 2 is 2.17 bits per heavy atom. The van der Waals surface area contributed by atoms with E-state index in [-0.39, 0.29) is 11.1 Å². The molecule has 0 aliphatic heterocycles. The summed E-state index contributed by atoms with van der Waals surface area (Å²) in [5, 5.41) is 3.14. The molecule has 3 nitrogen and oxygen atoms in total. The second kappa shape index (κ2) is 8.01. The van der Waals surface area contributed by atoms with Crippen LogP contribution in [-0.2, 0) is 4.79 Å². The SMILES string of the molecule is CCCCC(=O)NC(Cl)=COc1ccccc1Cl. The molecule has 1 rings (SSSR count). The van der Waals surface area contributed by atoms with Crippen LogP contribution in [0.3, 0.4) is 0 Å². The number of nitrogens with one attached hydrogen (secondary N) is 1. The maximum atomic E-state index is 11.4. The smallest absolute Gasteiger partial charge is 0.225 e. The van der Waals surface area contributed by atoms with Gasteiger partial charge in [0.15, 0.2) is 0 Å². The van der Waals surface area contributed by atoms with E-state index in [0.717, 1.165) is 12.8 Å². The molecule has 0 radical (unpaired) electrons. The molecule has 5 heteroatoms. The summed E-state index contributed by atoms with van der Waals surface area (Å²) in [6.07, 6.45) is 3.51. The van der Waals surface area contributed by atoms with E-state index < -0.39 is 0 Å². The zero-order chi connectivity index (χ0) is 13.4. The summed E-state index contributed by atoms with van der Waals surface area (Å²) in [5.41, 5.74) is 0. The fourth-order valence-electron chi connectivity index (χ4n) is 1.22. The highest BCUT2D eigenvalue weighted by Crippen LogP contribution is 2.23. The number of carbonyl (C=O) groups excluding carboxylic acids is 1. The van der Waals surface area contributed by atoms with Crippen molar-refractivity contribution in [3.63, 3.8) is 0 Å². The normalized spacial score (nSPS) is 11.2. The molecule has 0 heterocycles. The molecule has 1 aromatic rings. The summed E-state index contributed by atoms with van der Waals surface area (Å²) in [6, 6.07) is 7.01. The number of para-hydroxylation sites is 1. The first-order valence-electron chi connectivity index (χ1n) is 5.70. The summed E-state index contributed by atoms with van der Waals surface area (Å²) in [4.78, 5) is 11.4. The monoisotopic (exact) mass is 287 g/mol. The molecule has 1 amide bonds. The molecule has 0 saturated heterocycles. The van der Waals surface area contributed by atoms with Crippen molar-refractivity contribution in [2.24, 2.45) is 0 Å². The quantitative estimate of drug-likeness (QED) is 0.633. The number of unbranched alkanes of at least 4 members (excludes halogenated alkanes) is 1. The molecular formula is C13H15Cl2NO2. The third kappa shape index (κ3) is 5.43. The molecule has 98 valence electrons. The van der Waals surface area contributed by atoms with E-state index in [1.54, 1.807) is 24.3 Å². The van der Waals surface area contributed by atoms with Crippen molar-refractivity contribution >= 4 is 29.1 Å². The molecule has 0 spiro atoms. The lowest BCUT2D eigenvalue weighted by molar-refractivity contribution is -0.120. The summed E-state index contributed by atoms with van der Waals surface area (Å²) in [6.45, 7) is 2.02. The second-order valence-corrected chi connectivity index (χ2v) is 4.48. The van der Waals surface area contributed by atoms with Crippen molar-refractivity contribution in [1.82, 2.24) is 5.32 Å². The van der Waals surface area contributed by atoms with Crippen LogP contribution in [0.4, 0.5) is 0 Å². The molecular weight excluding hydrogens is 273 g/mol. The van der Waals surface area contributed by atoms with Crippen molar-refractivity contribution < 1.29 is 9.53 Å². The molecule has 0 aliphatic rings. The van der Waals surface area contributed by atoms with E-state index in [1.807, 2.05) is 6.92 Å². The summed E-state index contributed by atoms with van der Waals surface area (Å²) in [5.74, 6) is 0.362. The minimum Gasteiger partial charge on any atom is -0.460 e. The number of ether oxygens (including phenoxy) is 1. The van der Waals surface area contributed by atoms with Crippen LogP contribution in [0.5, 0.6) is 5.75 Å². The number of hydrogen-bond donors (Lipinski definition) is 1. The van der Waals surface area contributed by atoms with Gasteiger partial charge in [-0.05, 0) is 18.6 Å². The van der Waals surface area contributed by atoms with Gasteiger partial charge in [-0.2, -0.15) is 0 Å². The summed E-state index contributed by atoms with van der Waals surface area (Å²) >= 11 is 11.7. The topological polar surface area (TPSA) is 38.3 Å². The van der Waals surface area contributed by atoms with Crippen molar-refractivity contribution in [2.45, 2.75) is 26.2 Å². The molecule has 0 fully saturated rings. The standard InChI is InChI=1S/C13H15Cl2NO2/c1-2-3-8-13(17)16-12(15)9-18-11-7-5-4-6-10(11)14/h4-7,9H,2-3,8H2,1H3,(H,16,17). The Labute approximate surface area is 117 Å². The van der Waals surface area contributed by atoms with Gasteiger partial charge in [-0.3, -0.25) is 4.79 Å². The molecule has 1 aromatic carbocycles. The average molecular weight is 288 g/mol. The fraction of sp³-hybridized carbons (Fsp3) is 0.308. The molecule has 0 aliphatic carbocycles. The van der Waals surface area contributed by atoms with Crippen LogP contribution >= 0.6 is 23.2 Å². The second-order valence-electron chi connectivity index (χ2n) is 3.67. The Kier molecular flexibility index (Phi) is 6.61. The Morgan fingerprint density at radius 1 is 1.44 bits per heavy atom. The molecule has 0 aromatic heterocycles. The number of benzene rings is 1. The van der Waals surface area contributed by atoms with Gasteiger partial charge in [-0.25, -0.2) is 0 Å². The van der Waals surface area contributed by atoms with Crippen LogP contribution < -0.4 is 10.1 Å². The van der Waals surface area contributed by atoms with Crippen LogP contribution in [0, 0.1) is 0 Å². The molecule has 0 unspecified atom stereocenters. The summed E-state index contributed by atoms with van der Waals surface area (Å²) in [7, 11) is 0. The zero-order valence-electron chi connectivity index (χ0n) is 10.1. The van der Waals surface area contributed by atoms with Crippen LogP contribution in [0.2, 0.25) is 5.02 Å². The van der Waals surface area contributed by atoms with Crippen molar-refractivity contribution in [3.05, 3.63) is 40.7 Å². The highest BCUT2D eigenvalue weighted by atomic mass is 35.5. The third-order valence-electron chi connectivity index (χ3n) is 2.14. The van der Waals surface area contributed by atoms with Gasteiger partial charge >= 0.3 is 0 Å². The van der Waals surface area contributed by atoms with E-state index >= 15 is 0 Å². The number of hydrogen-bond acceptors (Lipinski definition) is 2. The highest BCUT2D eigenvalue weighted by molar-refractivity contribution is 6.32. The number of halogens is 2. The van der Waals surface area contributed by atoms with Crippen molar-refractivity contribution in [3.8, 4) is 5.75 Å². The predicted octanol–water partition coefficient (Wildman–Crippen LogP) is 4.06. The van der Waals surface area contributed by atoms with Gasteiger partial charge in [0.1, 0.15) is 17.2 Å². The average Bonchev–Trinajstić information content (AvgIpc) is 2.35. The summed E-state index contributed by atoms with van der Waals surface area (Å²) < 4.78 is 5.26. The Bertz CT molecular complexity index is 433. The van der Waals surface area contributed by atoms with Crippen LogP contribution in [0.1, 0.15) is 26.2 Å². The van der Waals surface area contributed by atoms with Gasteiger partial charge in [0.05, 0.1) is 5.02 Å². The van der Waals surface area contributed by atoms with E-state index in [1.165, 1.54) is 6.26 Å². The number of carbonyl (C=O) groups is 1. The maximum absolute atomic E-state index is 11.4. The van der Waals surface area contributed by atoms with Gasteiger partial charge in [0.25, 0.3) is 0 Å². The van der Waals surface area contributed by atoms with Crippen LogP contribution in [0.25, 0.3) is 0 Å². The fourth-order valence-corrected chi connectivity index (χ4v) is 1.55. The number of rotatable bonds is 6. The van der Waals surface area contributed by atoms with E-state index in [2.05, 4.69) is 5.32 Å². The lowest BCUT2D eigenvalue weighted by Gasteiger charge is -2.05. The minimum atomic E-state index is -0.124. The Morgan fingerprint density at radius 3 is 2.83 bits per heavy atom. The molecule has 0 atom stereocenters. The molecule has 0 saturated carbocycles. The third-order valence-corrected chi connectivity index (χ3v) is 2.64. The Balaban J connectivity index is 2.47. The first kappa shape index (κ1) is 14.9. The first-order chi connectivity index (χ1) is 8.63. The molecule has 1 N–H and O–H groups in total. The highest BCUT2D eigenvalue weighted by Gasteiger charge is 2.03. The first-order valence-corrected chi connectivity index (χ1v) is 6.45. The lowest BCUT2D eigenvalue weighted by Crippen LogP contribution is -2.20.